The van der Waals surface area contributed by atoms with Crippen LogP contribution in [0.15, 0.2) is 12.1 Å². The zero-order valence-electron chi connectivity index (χ0n) is 6.57. The van der Waals surface area contributed by atoms with Crippen molar-refractivity contribution < 1.29 is 9.53 Å². The van der Waals surface area contributed by atoms with Crippen LogP contribution in [0.25, 0.3) is 0 Å². The molecule has 0 saturated carbocycles. The van der Waals surface area contributed by atoms with Gasteiger partial charge in [0.25, 0.3) is 0 Å². The van der Waals surface area contributed by atoms with E-state index in [1.54, 1.807) is 0 Å². The summed E-state index contributed by atoms with van der Waals surface area (Å²) < 4.78 is 4.79. The van der Waals surface area contributed by atoms with E-state index in [2.05, 4.69) is 4.98 Å². The van der Waals surface area contributed by atoms with E-state index in [1.165, 1.54) is 19.2 Å². The van der Waals surface area contributed by atoms with Crippen LogP contribution in [0.3, 0.4) is 0 Å². The Labute approximate surface area is 69.3 Å². The monoisotopic (exact) mass is 167 g/mol. The van der Waals surface area contributed by atoms with Crippen LogP contribution in [-0.2, 0) is 0 Å². The fourth-order valence-electron chi connectivity index (χ4n) is 0.773. The molecule has 1 amide bonds. The van der Waals surface area contributed by atoms with Crippen molar-refractivity contribution in [3.63, 3.8) is 0 Å². The van der Waals surface area contributed by atoms with Crippen LogP contribution in [0.2, 0.25) is 0 Å². The highest BCUT2D eigenvalue weighted by atomic mass is 16.5. The second-order valence-electron chi connectivity index (χ2n) is 2.19. The van der Waals surface area contributed by atoms with Crippen molar-refractivity contribution >= 4 is 11.7 Å². The summed E-state index contributed by atoms with van der Waals surface area (Å²) in [5, 5.41) is 0. The molecule has 1 heterocycles. The molecule has 5 heteroatoms. The van der Waals surface area contributed by atoms with Gasteiger partial charge in [-0.25, -0.2) is 0 Å². The molecule has 0 aliphatic rings. The van der Waals surface area contributed by atoms with E-state index < -0.39 is 5.91 Å². The van der Waals surface area contributed by atoms with Gasteiger partial charge in [-0.05, 0) is 6.07 Å². The molecule has 0 unspecified atom stereocenters. The molecule has 0 fully saturated rings. The second kappa shape index (κ2) is 3.08. The Hall–Kier alpha value is -1.78. The van der Waals surface area contributed by atoms with E-state index in [0.717, 1.165) is 0 Å². The molecule has 12 heavy (non-hydrogen) atoms. The van der Waals surface area contributed by atoms with Crippen molar-refractivity contribution in [3.8, 4) is 5.88 Å². The predicted octanol–water partition coefficient (Wildman–Crippen LogP) is -0.229. The number of hydrogen-bond donors (Lipinski definition) is 2. The van der Waals surface area contributed by atoms with Crippen LogP contribution < -0.4 is 16.2 Å². The third kappa shape index (κ3) is 1.63. The Morgan fingerprint density at radius 1 is 1.58 bits per heavy atom. The second-order valence-corrected chi connectivity index (χ2v) is 2.19. The van der Waals surface area contributed by atoms with Gasteiger partial charge in [0.2, 0.25) is 11.8 Å². The summed E-state index contributed by atoms with van der Waals surface area (Å²) in [7, 11) is 1.44. The number of rotatable bonds is 2. The number of pyridine rings is 1. The van der Waals surface area contributed by atoms with E-state index in [4.69, 9.17) is 16.2 Å². The number of methoxy groups -OCH3 is 1. The largest absolute Gasteiger partial charge is 0.481 e. The van der Waals surface area contributed by atoms with Gasteiger partial charge in [-0.1, -0.05) is 0 Å². The van der Waals surface area contributed by atoms with Gasteiger partial charge in [-0.3, -0.25) is 4.79 Å². The highest BCUT2D eigenvalue weighted by Gasteiger charge is 2.04. The maximum absolute atomic E-state index is 10.7. The van der Waals surface area contributed by atoms with Crippen LogP contribution >= 0.6 is 0 Å². The lowest BCUT2D eigenvalue weighted by atomic mass is 10.2. The number of carbonyl (C=O) groups is 1. The summed E-state index contributed by atoms with van der Waals surface area (Å²) in [5.74, 6) is -0.0608. The van der Waals surface area contributed by atoms with Gasteiger partial charge in [0, 0.05) is 11.6 Å². The summed E-state index contributed by atoms with van der Waals surface area (Å²) in [6, 6.07) is 2.82. The van der Waals surface area contributed by atoms with Crippen LogP contribution in [0.1, 0.15) is 10.4 Å². The molecule has 1 rings (SSSR count). The van der Waals surface area contributed by atoms with Gasteiger partial charge in [-0.2, -0.15) is 4.98 Å². The highest BCUT2D eigenvalue weighted by molar-refractivity contribution is 5.93. The molecule has 0 aliphatic carbocycles. The topological polar surface area (TPSA) is 91.2 Å². The number of nitrogens with zero attached hydrogens (tertiary/aromatic N) is 1. The molecule has 0 saturated heterocycles. The zero-order valence-corrected chi connectivity index (χ0v) is 6.57. The number of carbonyl (C=O) groups excluding carboxylic acids is 1. The quantitative estimate of drug-likeness (QED) is 0.636. The van der Waals surface area contributed by atoms with Crippen molar-refractivity contribution in [1.29, 1.82) is 0 Å². The van der Waals surface area contributed by atoms with Gasteiger partial charge in [0.15, 0.2) is 0 Å². The van der Waals surface area contributed by atoms with Crippen LogP contribution in [0, 0.1) is 0 Å². The summed E-state index contributed by atoms with van der Waals surface area (Å²) in [6.07, 6.45) is 0. The Kier molecular flexibility index (Phi) is 2.14. The predicted molar refractivity (Wildman–Crippen MR) is 43.7 cm³/mol. The molecule has 5 nitrogen and oxygen atoms in total. The number of nitrogen functional groups attached to an aromatic ring is 1. The molecule has 64 valence electrons. The number of ether oxygens (including phenoxy) is 1. The van der Waals surface area contributed by atoms with Gasteiger partial charge in [-0.15, -0.1) is 0 Å². The maximum Gasteiger partial charge on any atom is 0.249 e. The first-order chi connectivity index (χ1) is 5.63. The number of primary amides is 1. The number of amides is 1. The lowest BCUT2D eigenvalue weighted by Gasteiger charge is -2.01. The number of nitrogens with two attached hydrogens (primary N) is 2. The molecule has 0 atom stereocenters. The molecule has 0 aromatic carbocycles. The van der Waals surface area contributed by atoms with Crippen molar-refractivity contribution in [2.45, 2.75) is 0 Å². The minimum absolute atomic E-state index is 0.211. The summed E-state index contributed by atoms with van der Waals surface area (Å²) in [6.45, 7) is 0. The summed E-state index contributed by atoms with van der Waals surface area (Å²) >= 11 is 0. The van der Waals surface area contributed by atoms with E-state index in [0.29, 0.717) is 5.56 Å². The van der Waals surface area contributed by atoms with Crippen molar-refractivity contribution in [3.05, 3.63) is 17.7 Å². The lowest BCUT2D eigenvalue weighted by molar-refractivity contribution is 0.1000. The van der Waals surface area contributed by atoms with E-state index in [1.807, 2.05) is 0 Å². The average Bonchev–Trinajstić information content (AvgIpc) is 2.03. The van der Waals surface area contributed by atoms with Gasteiger partial charge < -0.3 is 16.2 Å². The molecular weight excluding hydrogens is 158 g/mol. The molecule has 0 bridgehead atoms. The Morgan fingerprint density at radius 2 is 2.25 bits per heavy atom. The van der Waals surface area contributed by atoms with Crippen molar-refractivity contribution in [2.75, 3.05) is 12.8 Å². The zero-order chi connectivity index (χ0) is 9.14. The van der Waals surface area contributed by atoms with Crippen LogP contribution in [-0.4, -0.2) is 18.0 Å². The SMILES string of the molecule is COc1cc(C(N)=O)cc(N)n1. The molecule has 0 spiro atoms. The third-order valence-electron chi connectivity index (χ3n) is 1.32. The smallest absolute Gasteiger partial charge is 0.249 e. The normalized spacial score (nSPS) is 9.42. The van der Waals surface area contributed by atoms with Crippen LogP contribution in [0.4, 0.5) is 5.82 Å². The third-order valence-corrected chi connectivity index (χ3v) is 1.32. The standard InChI is InChI=1S/C7H9N3O2/c1-12-6-3-4(7(9)11)2-5(8)10-6/h2-3H,1H3,(H2,8,10)(H2,9,11). The fraction of sp³-hybridized carbons (Fsp3) is 0.143. The molecular formula is C7H9N3O2. The number of aromatic nitrogens is 1. The van der Waals surface area contributed by atoms with E-state index >= 15 is 0 Å². The summed E-state index contributed by atoms with van der Waals surface area (Å²) in [5.41, 5.74) is 10.7. The Bertz CT molecular complexity index is 312. The molecule has 0 aliphatic heterocycles. The number of anilines is 1. The molecule has 0 radical (unpaired) electrons. The van der Waals surface area contributed by atoms with Crippen molar-refractivity contribution in [1.82, 2.24) is 4.98 Å². The number of hydrogen-bond acceptors (Lipinski definition) is 4. The van der Waals surface area contributed by atoms with Crippen LogP contribution in [0.5, 0.6) is 5.88 Å². The highest BCUT2D eigenvalue weighted by Crippen LogP contribution is 2.12. The van der Waals surface area contributed by atoms with Crippen molar-refractivity contribution in [2.24, 2.45) is 5.73 Å². The van der Waals surface area contributed by atoms with E-state index in [-0.39, 0.29) is 11.7 Å². The minimum atomic E-state index is -0.553. The molecule has 1 aromatic heterocycles. The Morgan fingerprint density at radius 3 is 2.75 bits per heavy atom. The lowest BCUT2D eigenvalue weighted by Crippen LogP contribution is -2.12. The minimum Gasteiger partial charge on any atom is -0.481 e. The Balaban J connectivity index is 3.15. The molecule has 4 N–H and O–H groups in total. The summed E-state index contributed by atoms with van der Waals surface area (Å²) in [4.78, 5) is 14.5. The average molecular weight is 167 g/mol. The first kappa shape index (κ1) is 8.32. The van der Waals surface area contributed by atoms with Gasteiger partial charge >= 0.3 is 0 Å². The first-order valence-corrected chi connectivity index (χ1v) is 3.25. The van der Waals surface area contributed by atoms with Gasteiger partial charge in [0.1, 0.15) is 5.82 Å². The van der Waals surface area contributed by atoms with E-state index in [9.17, 15) is 4.79 Å². The maximum atomic E-state index is 10.7. The molecule has 1 aromatic rings. The van der Waals surface area contributed by atoms with Gasteiger partial charge in [0.05, 0.1) is 7.11 Å². The fourth-order valence-corrected chi connectivity index (χ4v) is 0.773. The first-order valence-electron chi connectivity index (χ1n) is 3.25.